The first-order valence-electron chi connectivity index (χ1n) is 6.71. The van der Waals surface area contributed by atoms with E-state index in [4.69, 9.17) is 14.9 Å². The van der Waals surface area contributed by atoms with Crippen LogP contribution in [0.25, 0.3) is 11.1 Å². The van der Waals surface area contributed by atoms with Gasteiger partial charge in [0.25, 0.3) is 11.7 Å². The topological polar surface area (TPSA) is 108 Å². The highest BCUT2D eigenvalue weighted by Gasteiger charge is 2.26. The van der Waals surface area contributed by atoms with Crippen molar-refractivity contribution >= 4 is 22.8 Å². The number of hydrogen-bond acceptors (Lipinski definition) is 7. The Labute approximate surface area is 120 Å². The van der Waals surface area contributed by atoms with Gasteiger partial charge in [0, 0.05) is 24.7 Å². The van der Waals surface area contributed by atoms with Crippen molar-refractivity contribution in [2.75, 3.05) is 24.6 Å². The Kier molecular flexibility index (Phi) is 3.48. The van der Waals surface area contributed by atoms with Gasteiger partial charge in [-0.3, -0.25) is 10.1 Å². The van der Waals surface area contributed by atoms with E-state index < -0.39 is 4.92 Å². The fourth-order valence-corrected chi connectivity index (χ4v) is 2.32. The molecule has 1 saturated heterocycles. The van der Waals surface area contributed by atoms with Crippen LogP contribution < -0.4 is 10.6 Å². The van der Waals surface area contributed by atoms with Gasteiger partial charge in [0.2, 0.25) is 0 Å². The lowest BCUT2D eigenvalue weighted by molar-refractivity contribution is -0.384. The number of fused-ring (bicyclic) bond motifs is 1. The van der Waals surface area contributed by atoms with Crippen LogP contribution in [0.2, 0.25) is 0 Å². The molecular weight excluding hydrogens is 276 g/mol. The predicted molar refractivity (Wildman–Crippen MR) is 76.3 cm³/mol. The molecule has 0 radical (unpaired) electrons. The zero-order valence-corrected chi connectivity index (χ0v) is 11.6. The van der Waals surface area contributed by atoms with Gasteiger partial charge in [0.1, 0.15) is 5.52 Å². The maximum atomic E-state index is 10.8. The van der Waals surface area contributed by atoms with E-state index in [1.54, 1.807) is 6.07 Å². The molecule has 2 atom stereocenters. The van der Waals surface area contributed by atoms with Crippen LogP contribution in [0.3, 0.4) is 0 Å². The average molecular weight is 292 g/mol. The van der Waals surface area contributed by atoms with Gasteiger partial charge < -0.3 is 19.8 Å². The molecule has 2 unspecified atom stereocenters. The van der Waals surface area contributed by atoms with E-state index in [0.717, 1.165) is 0 Å². The maximum Gasteiger partial charge on any atom is 0.298 e. The summed E-state index contributed by atoms with van der Waals surface area (Å²) in [4.78, 5) is 16.6. The molecule has 3 rings (SSSR count). The van der Waals surface area contributed by atoms with Crippen LogP contribution in [-0.4, -0.2) is 41.7 Å². The summed E-state index contributed by atoms with van der Waals surface area (Å²) in [5.74, 6) is 0. The van der Waals surface area contributed by atoms with Crippen LogP contribution in [0.15, 0.2) is 22.6 Å². The van der Waals surface area contributed by atoms with Crippen molar-refractivity contribution in [2.45, 2.75) is 19.1 Å². The average Bonchev–Trinajstić information content (AvgIpc) is 2.90. The molecule has 0 amide bonds. The third kappa shape index (κ3) is 2.67. The number of non-ortho nitro benzene ring substituents is 1. The molecule has 1 aliphatic rings. The van der Waals surface area contributed by atoms with E-state index in [1.807, 2.05) is 11.8 Å². The van der Waals surface area contributed by atoms with Gasteiger partial charge in [-0.2, -0.15) is 4.98 Å². The number of rotatable bonds is 3. The van der Waals surface area contributed by atoms with Gasteiger partial charge in [-0.1, -0.05) is 0 Å². The largest absolute Gasteiger partial charge is 0.423 e. The van der Waals surface area contributed by atoms with Crippen molar-refractivity contribution in [3.63, 3.8) is 0 Å². The van der Waals surface area contributed by atoms with Crippen LogP contribution in [0, 0.1) is 10.1 Å². The standard InChI is InChI=1S/C13H16N4O4/c1-8(14)12-7-16(4-5-20-12)13-15-10-6-9(17(18)19)2-3-11(10)21-13/h2-3,6,8,12H,4-5,7,14H2,1H3. The second-order valence-corrected chi connectivity index (χ2v) is 5.12. The third-order valence-electron chi connectivity index (χ3n) is 3.52. The summed E-state index contributed by atoms with van der Waals surface area (Å²) in [5, 5.41) is 10.8. The minimum Gasteiger partial charge on any atom is -0.423 e. The summed E-state index contributed by atoms with van der Waals surface area (Å²) in [6, 6.07) is 4.73. The van der Waals surface area contributed by atoms with Crippen LogP contribution in [0.5, 0.6) is 0 Å². The van der Waals surface area contributed by atoms with Crippen molar-refractivity contribution in [1.29, 1.82) is 0 Å². The van der Waals surface area contributed by atoms with Gasteiger partial charge in [0.05, 0.1) is 24.2 Å². The first-order valence-corrected chi connectivity index (χ1v) is 6.71. The van der Waals surface area contributed by atoms with Crippen LogP contribution in [0.1, 0.15) is 6.92 Å². The molecule has 1 aliphatic heterocycles. The molecule has 0 aliphatic carbocycles. The first-order chi connectivity index (χ1) is 10.0. The number of hydrogen-bond donors (Lipinski definition) is 1. The molecule has 112 valence electrons. The zero-order valence-electron chi connectivity index (χ0n) is 11.6. The number of anilines is 1. The highest BCUT2D eigenvalue weighted by atomic mass is 16.6. The molecule has 0 spiro atoms. The maximum absolute atomic E-state index is 10.8. The number of nitrogens with zero attached hydrogens (tertiary/aromatic N) is 3. The minimum absolute atomic E-state index is 0.00205. The Bertz CT molecular complexity index is 669. The number of oxazole rings is 1. The highest BCUT2D eigenvalue weighted by molar-refractivity contribution is 5.77. The lowest BCUT2D eigenvalue weighted by Gasteiger charge is -2.33. The molecule has 2 N–H and O–H groups in total. The molecule has 0 bridgehead atoms. The summed E-state index contributed by atoms with van der Waals surface area (Å²) < 4.78 is 11.3. The monoisotopic (exact) mass is 292 g/mol. The molecule has 21 heavy (non-hydrogen) atoms. The van der Waals surface area contributed by atoms with Gasteiger partial charge >= 0.3 is 0 Å². The summed E-state index contributed by atoms with van der Waals surface area (Å²) >= 11 is 0. The van der Waals surface area contributed by atoms with E-state index in [-0.39, 0.29) is 17.8 Å². The molecule has 2 heterocycles. The lowest BCUT2D eigenvalue weighted by atomic mass is 10.1. The summed E-state index contributed by atoms with van der Waals surface area (Å²) in [6.45, 7) is 3.68. The number of benzene rings is 1. The number of morpholine rings is 1. The molecule has 1 fully saturated rings. The fraction of sp³-hybridized carbons (Fsp3) is 0.462. The molecule has 2 aromatic rings. The van der Waals surface area contributed by atoms with Crippen molar-refractivity contribution in [2.24, 2.45) is 5.73 Å². The Morgan fingerprint density at radius 3 is 3.10 bits per heavy atom. The normalized spacial score (nSPS) is 20.7. The van der Waals surface area contributed by atoms with E-state index >= 15 is 0 Å². The van der Waals surface area contributed by atoms with Crippen molar-refractivity contribution in [3.05, 3.63) is 28.3 Å². The van der Waals surface area contributed by atoms with Crippen LogP contribution >= 0.6 is 0 Å². The Morgan fingerprint density at radius 2 is 2.38 bits per heavy atom. The van der Waals surface area contributed by atoms with E-state index in [9.17, 15) is 10.1 Å². The zero-order chi connectivity index (χ0) is 15.0. The smallest absolute Gasteiger partial charge is 0.298 e. The number of nitro groups is 1. The Morgan fingerprint density at radius 1 is 1.57 bits per heavy atom. The summed E-state index contributed by atoms with van der Waals surface area (Å²) in [6.07, 6.45) is -0.0805. The second-order valence-electron chi connectivity index (χ2n) is 5.12. The van der Waals surface area contributed by atoms with Gasteiger partial charge in [-0.15, -0.1) is 0 Å². The Balaban J connectivity index is 1.88. The molecule has 1 aromatic heterocycles. The Hall–Kier alpha value is -2.19. The number of nitro benzene ring substituents is 1. The van der Waals surface area contributed by atoms with Crippen molar-refractivity contribution in [1.82, 2.24) is 4.98 Å². The van der Waals surface area contributed by atoms with Crippen LogP contribution in [-0.2, 0) is 4.74 Å². The number of aromatic nitrogens is 1. The van der Waals surface area contributed by atoms with Crippen LogP contribution in [0.4, 0.5) is 11.7 Å². The van der Waals surface area contributed by atoms with E-state index in [0.29, 0.717) is 36.8 Å². The van der Waals surface area contributed by atoms with E-state index in [1.165, 1.54) is 12.1 Å². The van der Waals surface area contributed by atoms with Crippen molar-refractivity contribution in [3.8, 4) is 0 Å². The molecule has 0 saturated carbocycles. The summed E-state index contributed by atoms with van der Waals surface area (Å²) in [7, 11) is 0. The fourth-order valence-electron chi connectivity index (χ4n) is 2.32. The SMILES string of the molecule is CC(N)C1CN(c2nc3cc([N+](=O)[O-])ccc3o2)CCO1. The minimum atomic E-state index is -0.450. The van der Waals surface area contributed by atoms with Gasteiger partial charge in [-0.25, -0.2) is 0 Å². The van der Waals surface area contributed by atoms with Crippen molar-refractivity contribution < 1.29 is 14.1 Å². The second kappa shape index (κ2) is 5.30. The molecule has 8 heteroatoms. The molecule has 1 aromatic carbocycles. The number of nitrogens with two attached hydrogens (primary N) is 1. The predicted octanol–water partition coefficient (Wildman–Crippen LogP) is 1.29. The number of ether oxygens (including phenoxy) is 1. The lowest BCUT2D eigenvalue weighted by Crippen LogP contribution is -2.49. The van der Waals surface area contributed by atoms with Gasteiger partial charge in [0.15, 0.2) is 5.58 Å². The van der Waals surface area contributed by atoms with Gasteiger partial charge in [-0.05, 0) is 13.0 Å². The van der Waals surface area contributed by atoms with E-state index in [2.05, 4.69) is 4.98 Å². The quantitative estimate of drug-likeness (QED) is 0.670. The highest BCUT2D eigenvalue weighted by Crippen LogP contribution is 2.26. The third-order valence-corrected chi connectivity index (χ3v) is 3.52. The molecular formula is C13H16N4O4. The molecule has 8 nitrogen and oxygen atoms in total. The summed E-state index contributed by atoms with van der Waals surface area (Å²) in [5.41, 5.74) is 6.86. The first kappa shape index (κ1) is 13.8.